The van der Waals surface area contributed by atoms with Gasteiger partial charge in [-0.1, -0.05) is 6.07 Å². The zero-order valence-electron chi connectivity index (χ0n) is 7.86. The van der Waals surface area contributed by atoms with Crippen LogP contribution in [0.25, 0.3) is 0 Å². The molecule has 1 aliphatic rings. The van der Waals surface area contributed by atoms with Gasteiger partial charge in [0.1, 0.15) is 0 Å². The van der Waals surface area contributed by atoms with Crippen LogP contribution in [0.1, 0.15) is 16.7 Å². The smallest absolute Gasteiger partial charge is 0.312 e. The van der Waals surface area contributed by atoms with Crippen molar-refractivity contribution in [2.24, 2.45) is 0 Å². The lowest BCUT2D eigenvalue weighted by molar-refractivity contribution is -0.140. The highest BCUT2D eigenvalue weighted by atomic mass is 32.1. The minimum Gasteiger partial charge on any atom is -0.312 e. The van der Waals surface area contributed by atoms with Crippen LogP contribution in [0.3, 0.4) is 0 Å². The summed E-state index contributed by atoms with van der Waals surface area (Å²) < 4.78 is 38.3. The van der Waals surface area contributed by atoms with E-state index in [2.05, 4.69) is 17.9 Å². The van der Waals surface area contributed by atoms with E-state index in [4.69, 9.17) is 0 Å². The van der Waals surface area contributed by atoms with Crippen LogP contribution < -0.4 is 5.32 Å². The molecule has 1 nitrogen and oxygen atoms in total. The summed E-state index contributed by atoms with van der Waals surface area (Å²) in [5, 5.41) is 2.95. The van der Waals surface area contributed by atoms with Gasteiger partial charge in [0, 0.05) is 11.4 Å². The number of hydrogen-bond donors (Lipinski definition) is 2. The molecule has 82 valence electrons. The Morgan fingerprint density at radius 2 is 2.00 bits per heavy atom. The molecule has 0 bridgehead atoms. The van der Waals surface area contributed by atoms with Crippen molar-refractivity contribution in [2.75, 3.05) is 6.54 Å². The summed E-state index contributed by atoms with van der Waals surface area (Å²) in [6.07, 6.45) is -3.67. The van der Waals surface area contributed by atoms with Crippen molar-refractivity contribution < 1.29 is 13.2 Å². The zero-order chi connectivity index (χ0) is 11.1. The van der Waals surface area contributed by atoms with Crippen LogP contribution in [-0.4, -0.2) is 6.54 Å². The first-order valence-electron chi connectivity index (χ1n) is 4.62. The molecular formula is C10H10F3NS. The van der Waals surface area contributed by atoms with Gasteiger partial charge in [-0.15, -0.1) is 12.6 Å². The third kappa shape index (κ3) is 1.99. The van der Waals surface area contributed by atoms with Crippen molar-refractivity contribution in [3.63, 3.8) is 0 Å². The van der Waals surface area contributed by atoms with E-state index in [1.54, 1.807) is 6.07 Å². The molecule has 1 N–H and O–H groups in total. The van der Waals surface area contributed by atoms with E-state index < -0.39 is 11.7 Å². The lowest BCUT2D eigenvalue weighted by Crippen LogP contribution is -2.27. The number of fused-ring (bicyclic) bond motifs is 1. The first-order chi connectivity index (χ1) is 7.00. The largest absolute Gasteiger partial charge is 0.417 e. The normalized spacial score (nSPS) is 16.3. The van der Waals surface area contributed by atoms with Gasteiger partial charge in [-0.25, -0.2) is 0 Å². The van der Waals surface area contributed by atoms with E-state index in [1.165, 1.54) is 6.07 Å². The molecule has 1 aromatic rings. The molecule has 1 aromatic carbocycles. The second kappa shape index (κ2) is 3.72. The summed E-state index contributed by atoms with van der Waals surface area (Å²) in [7, 11) is 0. The Balaban J connectivity index is 2.60. The van der Waals surface area contributed by atoms with E-state index in [1.807, 2.05) is 0 Å². The Kier molecular flexibility index (Phi) is 2.68. The maximum atomic E-state index is 12.8. The Morgan fingerprint density at radius 3 is 2.67 bits per heavy atom. The quantitative estimate of drug-likeness (QED) is 0.656. The van der Waals surface area contributed by atoms with E-state index >= 15 is 0 Å². The van der Waals surface area contributed by atoms with Gasteiger partial charge in [0.2, 0.25) is 0 Å². The van der Waals surface area contributed by atoms with E-state index in [-0.39, 0.29) is 11.4 Å². The predicted octanol–water partition coefficient (Wildman–Crippen LogP) is 2.64. The number of alkyl halides is 3. The first kappa shape index (κ1) is 10.8. The molecule has 0 aromatic heterocycles. The fraction of sp³-hybridized carbons (Fsp3) is 0.400. The van der Waals surface area contributed by atoms with Crippen LogP contribution in [0.15, 0.2) is 17.0 Å². The van der Waals surface area contributed by atoms with Gasteiger partial charge in [0.05, 0.1) is 5.56 Å². The Hall–Kier alpha value is -0.680. The molecule has 1 heterocycles. The predicted molar refractivity (Wildman–Crippen MR) is 54.1 cm³/mol. The monoisotopic (exact) mass is 233 g/mol. The third-order valence-electron chi connectivity index (χ3n) is 2.54. The molecule has 0 saturated carbocycles. The SMILES string of the molecule is FC(F)(F)c1c(S)ccc2c1CNCC2. The molecule has 0 spiro atoms. The number of rotatable bonds is 0. The van der Waals surface area contributed by atoms with Crippen molar-refractivity contribution in [1.29, 1.82) is 0 Å². The molecule has 0 amide bonds. The van der Waals surface area contributed by atoms with E-state index in [0.717, 1.165) is 12.1 Å². The fourth-order valence-electron chi connectivity index (χ4n) is 1.87. The Bertz CT molecular complexity index is 387. The Labute approximate surface area is 91.1 Å². The average molecular weight is 233 g/mol. The van der Waals surface area contributed by atoms with Gasteiger partial charge < -0.3 is 5.32 Å². The number of hydrogen-bond acceptors (Lipinski definition) is 2. The lowest BCUT2D eigenvalue weighted by Gasteiger charge is -2.22. The summed E-state index contributed by atoms with van der Waals surface area (Å²) in [5.41, 5.74) is 0.538. The highest BCUT2D eigenvalue weighted by Gasteiger charge is 2.36. The Morgan fingerprint density at radius 1 is 1.27 bits per heavy atom. The van der Waals surface area contributed by atoms with Gasteiger partial charge in [-0.3, -0.25) is 0 Å². The standard InChI is InChI=1S/C10H10F3NS/c11-10(12,13)9-7-5-14-4-3-6(7)1-2-8(9)15/h1-2,14-15H,3-5H2. The van der Waals surface area contributed by atoms with Gasteiger partial charge in [0.25, 0.3) is 0 Å². The summed E-state index contributed by atoms with van der Waals surface area (Å²) in [6.45, 7) is 1.01. The summed E-state index contributed by atoms with van der Waals surface area (Å²) in [6, 6.07) is 3.16. The molecule has 0 fully saturated rings. The summed E-state index contributed by atoms with van der Waals surface area (Å²) in [4.78, 5) is 0.00458. The number of nitrogens with one attached hydrogen (secondary N) is 1. The highest BCUT2D eigenvalue weighted by Crippen LogP contribution is 2.38. The summed E-state index contributed by atoms with van der Waals surface area (Å²) in [5.74, 6) is 0. The highest BCUT2D eigenvalue weighted by molar-refractivity contribution is 7.80. The maximum absolute atomic E-state index is 12.8. The van der Waals surface area contributed by atoms with Crippen molar-refractivity contribution >= 4 is 12.6 Å². The zero-order valence-corrected chi connectivity index (χ0v) is 8.75. The van der Waals surface area contributed by atoms with Crippen LogP contribution in [0, 0.1) is 0 Å². The molecule has 0 unspecified atom stereocenters. The first-order valence-corrected chi connectivity index (χ1v) is 5.06. The van der Waals surface area contributed by atoms with Crippen molar-refractivity contribution in [3.05, 3.63) is 28.8 Å². The van der Waals surface area contributed by atoms with Crippen LogP contribution >= 0.6 is 12.6 Å². The van der Waals surface area contributed by atoms with E-state index in [9.17, 15) is 13.2 Å². The second-order valence-corrected chi connectivity index (χ2v) is 4.00. The van der Waals surface area contributed by atoms with Crippen molar-refractivity contribution in [1.82, 2.24) is 5.32 Å². The minimum absolute atomic E-state index is 0.00458. The van der Waals surface area contributed by atoms with Crippen LogP contribution in [0.4, 0.5) is 13.2 Å². The minimum atomic E-state index is -4.32. The van der Waals surface area contributed by atoms with Gasteiger partial charge in [0.15, 0.2) is 0 Å². The molecule has 5 heteroatoms. The topological polar surface area (TPSA) is 12.0 Å². The fourth-order valence-corrected chi connectivity index (χ4v) is 2.20. The lowest BCUT2D eigenvalue weighted by atomic mass is 9.95. The molecule has 15 heavy (non-hydrogen) atoms. The molecule has 2 rings (SSSR count). The molecule has 0 aliphatic carbocycles. The van der Waals surface area contributed by atoms with Gasteiger partial charge >= 0.3 is 6.18 Å². The van der Waals surface area contributed by atoms with Crippen LogP contribution in [0.5, 0.6) is 0 Å². The van der Waals surface area contributed by atoms with Gasteiger partial charge in [-0.05, 0) is 30.2 Å². The number of benzene rings is 1. The molecule has 0 radical (unpaired) electrons. The van der Waals surface area contributed by atoms with Crippen molar-refractivity contribution in [2.45, 2.75) is 24.0 Å². The third-order valence-corrected chi connectivity index (χ3v) is 2.92. The van der Waals surface area contributed by atoms with Crippen molar-refractivity contribution in [3.8, 4) is 0 Å². The molecule has 0 saturated heterocycles. The van der Waals surface area contributed by atoms with E-state index in [0.29, 0.717) is 12.0 Å². The van der Waals surface area contributed by atoms with Gasteiger partial charge in [-0.2, -0.15) is 13.2 Å². The summed E-state index contributed by atoms with van der Waals surface area (Å²) >= 11 is 3.88. The van der Waals surface area contributed by atoms with Crippen LogP contribution in [-0.2, 0) is 19.1 Å². The number of thiol groups is 1. The number of halogens is 3. The second-order valence-electron chi connectivity index (χ2n) is 3.52. The molecule has 0 atom stereocenters. The van der Waals surface area contributed by atoms with Crippen LogP contribution in [0.2, 0.25) is 0 Å². The average Bonchev–Trinajstić information content (AvgIpc) is 2.15. The molecule has 1 aliphatic heterocycles. The maximum Gasteiger partial charge on any atom is 0.417 e. The molecular weight excluding hydrogens is 223 g/mol.